The van der Waals surface area contributed by atoms with Gasteiger partial charge in [-0.2, -0.15) is 0 Å². The lowest BCUT2D eigenvalue weighted by Crippen LogP contribution is -2.48. The fourth-order valence-corrected chi connectivity index (χ4v) is 3.44. The van der Waals surface area contributed by atoms with Gasteiger partial charge in [0.15, 0.2) is 11.5 Å². The molecule has 28 heavy (non-hydrogen) atoms. The van der Waals surface area contributed by atoms with Crippen LogP contribution in [-0.4, -0.2) is 55.3 Å². The average Bonchev–Trinajstić information content (AvgIpc) is 3.20. The summed E-state index contributed by atoms with van der Waals surface area (Å²) in [4.78, 5) is 17.0. The normalized spacial score (nSPS) is 16.1. The molecule has 6 heteroatoms. The molecule has 0 saturated carbocycles. The molecule has 0 aliphatic carbocycles. The maximum absolute atomic E-state index is 12.7. The molecule has 2 heterocycles. The number of carbonyl (C=O) groups is 1. The molecule has 2 aromatic rings. The van der Waals surface area contributed by atoms with E-state index in [1.807, 2.05) is 41.3 Å². The molecule has 0 bridgehead atoms. The monoisotopic (exact) mass is 380 g/mol. The molecule has 146 valence electrons. The van der Waals surface area contributed by atoms with E-state index in [1.54, 1.807) is 6.08 Å². The van der Waals surface area contributed by atoms with Crippen molar-refractivity contribution in [1.29, 1.82) is 0 Å². The topological polar surface area (TPSA) is 51.2 Å². The molecule has 0 spiro atoms. The van der Waals surface area contributed by atoms with Gasteiger partial charge in [-0.1, -0.05) is 18.7 Å². The number of hydrogen-bond acceptors (Lipinski definition) is 5. The van der Waals surface area contributed by atoms with E-state index < -0.39 is 0 Å². The fourth-order valence-electron chi connectivity index (χ4n) is 3.44. The van der Waals surface area contributed by atoms with Crippen LogP contribution in [0.5, 0.6) is 17.2 Å². The van der Waals surface area contributed by atoms with Gasteiger partial charge >= 0.3 is 0 Å². The summed E-state index contributed by atoms with van der Waals surface area (Å²) in [6.07, 6.45) is 1.70. The Morgan fingerprint density at radius 1 is 1.04 bits per heavy atom. The van der Waals surface area contributed by atoms with Crippen molar-refractivity contribution in [2.24, 2.45) is 0 Å². The molecule has 1 fully saturated rings. The standard InChI is InChI=1S/C22H24N2O4/c1-2-13-26-19-6-4-18(5-7-19)22(25)24-11-9-23(10-12-24)15-17-3-8-20-21(14-17)28-16-27-20/h2-8,14H,1,9-13,15-16H2. The van der Waals surface area contributed by atoms with Crippen LogP contribution in [0.15, 0.2) is 55.1 Å². The predicted molar refractivity (Wildman–Crippen MR) is 106 cm³/mol. The lowest BCUT2D eigenvalue weighted by molar-refractivity contribution is 0.0628. The Balaban J connectivity index is 1.29. The first-order valence-corrected chi connectivity index (χ1v) is 9.47. The smallest absolute Gasteiger partial charge is 0.253 e. The van der Waals surface area contributed by atoms with Crippen LogP contribution in [0.2, 0.25) is 0 Å². The first-order chi connectivity index (χ1) is 13.7. The highest BCUT2D eigenvalue weighted by atomic mass is 16.7. The zero-order valence-electron chi connectivity index (χ0n) is 15.8. The van der Waals surface area contributed by atoms with Gasteiger partial charge in [-0.05, 0) is 42.0 Å². The molecule has 2 aliphatic rings. The number of amides is 1. The molecule has 1 amide bonds. The largest absolute Gasteiger partial charge is 0.490 e. The van der Waals surface area contributed by atoms with Crippen LogP contribution in [0, 0.1) is 0 Å². The molecule has 2 aromatic carbocycles. The first kappa shape index (κ1) is 18.4. The number of hydrogen-bond donors (Lipinski definition) is 0. The number of fused-ring (bicyclic) bond motifs is 1. The highest BCUT2D eigenvalue weighted by Gasteiger charge is 2.23. The molecule has 4 rings (SSSR count). The highest BCUT2D eigenvalue weighted by Crippen LogP contribution is 2.32. The molecule has 0 aromatic heterocycles. The third kappa shape index (κ3) is 4.12. The fraction of sp³-hybridized carbons (Fsp3) is 0.318. The Bertz CT molecular complexity index is 842. The van der Waals surface area contributed by atoms with E-state index in [0.29, 0.717) is 19.0 Å². The minimum Gasteiger partial charge on any atom is -0.490 e. The van der Waals surface area contributed by atoms with Crippen molar-refractivity contribution >= 4 is 5.91 Å². The SMILES string of the molecule is C=CCOc1ccc(C(=O)N2CCN(Cc3ccc4c(c3)OCO4)CC2)cc1. The van der Waals surface area contributed by atoms with Gasteiger partial charge in [-0.15, -0.1) is 0 Å². The van der Waals surface area contributed by atoms with Crippen molar-refractivity contribution in [3.05, 3.63) is 66.2 Å². The van der Waals surface area contributed by atoms with Gasteiger partial charge < -0.3 is 19.1 Å². The van der Waals surface area contributed by atoms with E-state index >= 15 is 0 Å². The summed E-state index contributed by atoms with van der Waals surface area (Å²) in [6, 6.07) is 13.4. The predicted octanol–water partition coefficient (Wildman–Crippen LogP) is 2.94. The second kappa shape index (κ2) is 8.35. The molecular formula is C22H24N2O4. The molecule has 2 aliphatic heterocycles. The Morgan fingerprint density at radius 2 is 1.79 bits per heavy atom. The summed E-state index contributed by atoms with van der Waals surface area (Å²) in [5.74, 6) is 2.43. The zero-order valence-corrected chi connectivity index (χ0v) is 15.8. The number of rotatable bonds is 6. The van der Waals surface area contributed by atoms with Gasteiger partial charge in [0.25, 0.3) is 5.91 Å². The molecule has 0 unspecified atom stereocenters. The van der Waals surface area contributed by atoms with Crippen LogP contribution in [0.4, 0.5) is 0 Å². The lowest BCUT2D eigenvalue weighted by atomic mass is 10.1. The summed E-state index contributed by atoms with van der Waals surface area (Å²) < 4.78 is 16.3. The maximum atomic E-state index is 12.7. The van der Waals surface area contributed by atoms with Crippen LogP contribution in [0.1, 0.15) is 15.9 Å². The molecule has 1 saturated heterocycles. The van der Waals surface area contributed by atoms with Crippen LogP contribution < -0.4 is 14.2 Å². The lowest BCUT2D eigenvalue weighted by Gasteiger charge is -2.34. The minimum absolute atomic E-state index is 0.0676. The average molecular weight is 380 g/mol. The van der Waals surface area contributed by atoms with Crippen molar-refractivity contribution in [3.63, 3.8) is 0 Å². The van der Waals surface area contributed by atoms with Crippen LogP contribution >= 0.6 is 0 Å². The third-order valence-electron chi connectivity index (χ3n) is 4.97. The Hall–Kier alpha value is -2.99. The summed E-state index contributed by atoms with van der Waals surface area (Å²) >= 11 is 0. The van der Waals surface area contributed by atoms with Crippen molar-refractivity contribution in [2.45, 2.75) is 6.54 Å². The number of ether oxygens (including phenoxy) is 3. The maximum Gasteiger partial charge on any atom is 0.253 e. The molecule has 6 nitrogen and oxygen atoms in total. The summed E-state index contributed by atoms with van der Waals surface area (Å²) in [5.41, 5.74) is 1.88. The number of benzene rings is 2. The van der Waals surface area contributed by atoms with Crippen LogP contribution in [0.3, 0.4) is 0 Å². The highest BCUT2D eigenvalue weighted by molar-refractivity contribution is 5.94. The first-order valence-electron chi connectivity index (χ1n) is 9.47. The number of carbonyl (C=O) groups excluding carboxylic acids is 1. The Labute approximate surface area is 164 Å². The molecular weight excluding hydrogens is 356 g/mol. The van der Waals surface area contributed by atoms with Gasteiger partial charge in [-0.25, -0.2) is 0 Å². The van der Waals surface area contributed by atoms with Gasteiger partial charge in [0.1, 0.15) is 12.4 Å². The third-order valence-corrected chi connectivity index (χ3v) is 4.97. The van der Waals surface area contributed by atoms with Gasteiger partial charge in [0, 0.05) is 38.3 Å². The zero-order chi connectivity index (χ0) is 19.3. The van der Waals surface area contributed by atoms with Crippen molar-refractivity contribution in [2.75, 3.05) is 39.6 Å². The summed E-state index contributed by atoms with van der Waals surface area (Å²) in [5, 5.41) is 0. The van der Waals surface area contributed by atoms with Gasteiger partial charge in [0.05, 0.1) is 0 Å². The number of piperazine rings is 1. The van der Waals surface area contributed by atoms with E-state index in [0.717, 1.165) is 50.0 Å². The Kier molecular flexibility index (Phi) is 5.48. The minimum atomic E-state index is 0.0676. The second-order valence-electron chi connectivity index (χ2n) is 6.88. The molecule has 0 atom stereocenters. The van der Waals surface area contributed by atoms with Crippen LogP contribution in [-0.2, 0) is 6.54 Å². The quantitative estimate of drug-likeness (QED) is 0.722. The van der Waals surface area contributed by atoms with E-state index in [9.17, 15) is 4.79 Å². The van der Waals surface area contributed by atoms with E-state index in [2.05, 4.69) is 17.5 Å². The molecule has 0 radical (unpaired) electrons. The number of nitrogens with zero attached hydrogens (tertiary/aromatic N) is 2. The van der Waals surface area contributed by atoms with Gasteiger partial charge in [0.2, 0.25) is 6.79 Å². The van der Waals surface area contributed by atoms with E-state index in [4.69, 9.17) is 14.2 Å². The summed E-state index contributed by atoms with van der Waals surface area (Å²) in [6.45, 7) is 8.36. The second-order valence-corrected chi connectivity index (χ2v) is 6.88. The Morgan fingerprint density at radius 3 is 2.54 bits per heavy atom. The van der Waals surface area contributed by atoms with Crippen LogP contribution in [0.25, 0.3) is 0 Å². The summed E-state index contributed by atoms with van der Waals surface area (Å²) in [7, 11) is 0. The van der Waals surface area contributed by atoms with Crippen molar-refractivity contribution in [3.8, 4) is 17.2 Å². The van der Waals surface area contributed by atoms with Crippen molar-refractivity contribution < 1.29 is 19.0 Å². The van der Waals surface area contributed by atoms with E-state index in [1.165, 1.54) is 5.56 Å². The van der Waals surface area contributed by atoms with Gasteiger partial charge in [-0.3, -0.25) is 9.69 Å². The van der Waals surface area contributed by atoms with Crippen molar-refractivity contribution in [1.82, 2.24) is 9.80 Å². The molecule has 0 N–H and O–H groups in total. The van der Waals surface area contributed by atoms with E-state index in [-0.39, 0.29) is 5.91 Å².